The molecule has 0 atom stereocenters. The first-order valence-electron chi connectivity index (χ1n) is 25.5. The van der Waals surface area contributed by atoms with Gasteiger partial charge in [-0.05, 0) is 213 Å². The molecule has 348 valence electrons. The molecular formula is C58H82N2O4. The number of benzene rings is 4. The predicted octanol–water partition coefficient (Wildman–Crippen LogP) is 13.5. The summed E-state index contributed by atoms with van der Waals surface area (Å²) in [6.45, 7) is 22.3. The molecule has 0 radical (unpaired) electrons. The lowest BCUT2D eigenvalue weighted by molar-refractivity contribution is -0.149. The van der Waals surface area contributed by atoms with Crippen molar-refractivity contribution in [1.29, 1.82) is 0 Å². The van der Waals surface area contributed by atoms with E-state index in [1.165, 1.54) is 108 Å². The lowest BCUT2D eigenvalue weighted by Gasteiger charge is -2.37. The molecule has 2 saturated carbocycles. The molecular weight excluding hydrogens is 789 g/mol. The number of ether oxygens (including phenoxy) is 1. The van der Waals surface area contributed by atoms with Crippen molar-refractivity contribution >= 4 is 33.5 Å². The Labute approximate surface area is 386 Å². The van der Waals surface area contributed by atoms with Crippen LogP contribution in [-0.4, -0.2) is 59.6 Å². The molecule has 64 heavy (non-hydrogen) atoms. The van der Waals surface area contributed by atoms with Crippen LogP contribution in [0.5, 0.6) is 0 Å². The first kappa shape index (κ1) is 48.2. The molecule has 8 rings (SSSR count). The smallest absolute Gasteiger partial charge is 0.309 e. The monoisotopic (exact) mass is 871 g/mol. The number of fused-ring (bicyclic) bond motifs is 2. The number of carbonyl (C=O) groups is 2. The minimum Gasteiger partial charge on any atom is -0.481 e. The topological polar surface area (TPSA) is 70.1 Å². The minimum absolute atomic E-state index is 0.0130. The van der Waals surface area contributed by atoms with Gasteiger partial charge in [-0.1, -0.05) is 102 Å². The molecule has 0 unspecified atom stereocenters. The molecule has 0 aromatic heterocycles. The number of carboxylic acid groups (broad SMARTS) is 1. The van der Waals surface area contributed by atoms with E-state index in [4.69, 9.17) is 4.74 Å². The van der Waals surface area contributed by atoms with Crippen molar-refractivity contribution in [2.24, 2.45) is 46.3 Å². The van der Waals surface area contributed by atoms with Gasteiger partial charge in [0.1, 0.15) is 0 Å². The Kier molecular flexibility index (Phi) is 16.3. The number of hydrogen-bond donors (Lipinski definition) is 1. The molecule has 0 spiro atoms. The normalized spacial score (nSPS) is 23.4. The zero-order valence-corrected chi connectivity index (χ0v) is 40.8. The number of aliphatic carboxylic acids is 1. The van der Waals surface area contributed by atoms with Gasteiger partial charge in [-0.3, -0.25) is 19.4 Å². The number of rotatable bonds is 11. The van der Waals surface area contributed by atoms with Crippen LogP contribution in [0, 0.1) is 46.3 Å². The zero-order valence-electron chi connectivity index (χ0n) is 40.8. The number of piperidine rings is 2. The summed E-state index contributed by atoms with van der Waals surface area (Å²) >= 11 is 0. The van der Waals surface area contributed by atoms with Crippen LogP contribution in [-0.2, 0) is 40.3 Å². The molecule has 1 N–H and O–H groups in total. The summed E-state index contributed by atoms with van der Waals surface area (Å²) in [6.07, 6.45) is 16.9. The van der Waals surface area contributed by atoms with Crippen molar-refractivity contribution in [3.63, 3.8) is 0 Å². The van der Waals surface area contributed by atoms with Crippen molar-refractivity contribution in [1.82, 2.24) is 9.80 Å². The van der Waals surface area contributed by atoms with Gasteiger partial charge in [0.15, 0.2) is 0 Å². The van der Waals surface area contributed by atoms with Crippen molar-refractivity contribution in [2.45, 2.75) is 151 Å². The van der Waals surface area contributed by atoms with Crippen LogP contribution in [0.3, 0.4) is 0 Å². The summed E-state index contributed by atoms with van der Waals surface area (Å²) in [5, 5.41) is 14.5. The molecule has 4 fully saturated rings. The molecule has 6 heteroatoms. The van der Waals surface area contributed by atoms with Gasteiger partial charge in [0, 0.05) is 13.1 Å². The van der Waals surface area contributed by atoms with Gasteiger partial charge in [-0.15, -0.1) is 0 Å². The molecule has 4 aromatic rings. The molecule has 2 aliphatic heterocycles. The van der Waals surface area contributed by atoms with E-state index in [1.807, 2.05) is 6.92 Å². The molecule has 2 aliphatic carbocycles. The van der Waals surface area contributed by atoms with Crippen LogP contribution in [0.15, 0.2) is 72.8 Å². The van der Waals surface area contributed by atoms with Gasteiger partial charge in [-0.2, -0.15) is 0 Å². The Morgan fingerprint density at radius 2 is 0.859 bits per heavy atom. The number of likely N-dealkylation sites (tertiary alicyclic amines) is 2. The maximum Gasteiger partial charge on any atom is 0.309 e. The fraction of sp³-hybridized carbons (Fsp3) is 0.621. The van der Waals surface area contributed by atoms with Gasteiger partial charge in [0.2, 0.25) is 0 Å². The van der Waals surface area contributed by atoms with Crippen LogP contribution < -0.4 is 0 Å². The van der Waals surface area contributed by atoms with Crippen molar-refractivity contribution in [3.05, 3.63) is 95.1 Å². The number of carboxylic acids is 1. The molecule has 0 amide bonds. The fourth-order valence-corrected chi connectivity index (χ4v) is 11.7. The van der Waals surface area contributed by atoms with E-state index in [0.29, 0.717) is 17.4 Å². The second-order valence-corrected chi connectivity index (χ2v) is 22.8. The Hall–Kier alpha value is -3.74. The van der Waals surface area contributed by atoms with Crippen LogP contribution >= 0.6 is 0 Å². The van der Waals surface area contributed by atoms with Crippen molar-refractivity contribution < 1.29 is 19.4 Å². The zero-order chi connectivity index (χ0) is 45.4. The van der Waals surface area contributed by atoms with Crippen LogP contribution in [0.2, 0.25) is 0 Å². The maximum atomic E-state index is 12.0. The fourth-order valence-electron chi connectivity index (χ4n) is 11.7. The molecule has 0 bridgehead atoms. The summed E-state index contributed by atoms with van der Waals surface area (Å²) < 4.78 is 5.20. The molecule has 2 saturated heterocycles. The van der Waals surface area contributed by atoms with E-state index in [2.05, 4.69) is 124 Å². The Morgan fingerprint density at radius 1 is 0.516 bits per heavy atom. The first-order chi connectivity index (χ1) is 30.6. The average Bonchev–Trinajstić information content (AvgIpc) is 3.27. The first-order valence-corrected chi connectivity index (χ1v) is 25.5. The molecule has 4 aromatic carbocycles. The highest BCUT2D eigenvalue weighted by Crippen LogP contribution is 2.42. The van der Waals surface area contributed by atoms with E-state index in [-0.39, 0.29) is 17.8 Å². The highest BCUT2D eigenvalue weighted by atomic mass is 16.5. The van der Waals surface area contributed by atoms with Gasteiger partial charge in [0.05, 0.1) is 18.4 Å². The average molecular weight is 871 g/mol. The number of hydrogen-bond acceptors (Lipinski definition) is 5. The van der Waals surface area contributed by atoms with Gasteiger partial charge in [-0.25, -0.2) is 0 Å². The van der Waals surface area contributed by atoms with E-state index < -0.39 is 5.97 Å². The summed E-state index contributed by atoms with van der Waals surface area (Å²) in [7, 11) is 0. The summed E-state index contributed by atoms with van der Waals surface area (Å²) in [5.41, 5.74) is 6.59. The quantitative estimate of drug-likeness (QED) is 0.151. The third-order valence-electron chi connectivity index (χ3n) is 16.1. The SMILES string of the molecule is CC(C)(C)C1CCC(Cc2ccc3cc(CN4CCC(C(=O)O)CC4)ccc3c2)CC1.CCOC(=O)C1CCN(Cc2ccc3cc(CC4CCC(C(C)(C)C)CC4)ccc3c2)CC1. The molecule has 2 heterocycles. The highest BCUT2D eigenvalue weighted by Gasteiger charge is 2.31. The minimum atomic E-state index is -0.636. The van der Waals surface area contributed by atoms with Gasteiger partial charge < -0.3 is 9.84 Å². The second kappa shape index (κ2) is 21.7. The number of esters is 1. The number of nitrogens with zero attached hydrogens (tertiary/aromatic N) is 2. The summed E-state index contributed by atoms with van der Waals surface area (Å²) in [6, 6.07) is 27.9. The lowest BCUT2D eigenvalue weighted by atomic mass is 9.69. The Balaban J connectivity index is 0.000000192. The van der Waals surface area contributed by atoms with Crippen LogP contribution in [0.25, 0.3) is 21.5 Å². The van der Waals surface area contributed by atoms with E-state index >= 15 is 0 Å². The maximum absolute atomic E-state index is 12.0. The van der Waals surface area contributed by atoms with Gasteiger partial charge >= 0.3 is 11.9 Å². The van der Waals surface area contributed by atoms with Crippen molar-refractivity contribution in [2.75, 3.05) is 32.8 Å². The van der Waals surface area contributed by atoms with Crippen LogP contribution in [0.1, 0.15) is 148 Å². The van der Waals surface area contributed by atoms with E-state index in [1.54, 1.807) is 0 Å². The third kappa shape index (κ3) is 13.4. The number of carbonyl (C=O) groups excluding carboxylic acids is 1. The largest absolute Gasteiger partial charge is 0.481 e. The predicted molar refractivity (Wildman–Crippen MR) is 265 cm³/mol. The van der Waals surface area contributed by atoms with E-state index in [0.717, 1.165) is 88.6 Å². The lowest BCUT2D eigenvalue weighted by Crippen LogP contribution is -2.36. The van der Waals surface area contributed by atoms with Crippen LogP contribution in [0.4, 0.5) is 0 Å². The second-order valence-electron chi connectivity index (χ2n) is 22.8. The summed E-state index contributed by atoms with van der Waals surface area (Å²) in [4.78, 5) is 28.0. The van der Waals surface area contributed by atoms with Crippen molar-refractivity contribution in [3.8, 4) is 0 Å². The highest BCUT2D eigenvalue weighted by molar-refractivity contribution is 5.84. The Bertz CT molecular complexity index is 2130. The van der Waals surface area contributed by atoms with E-state index in [9.17, 15) is 14.7 Å². The standard InChI is InChI=1S/C30H43NO2.C28H39NO2/c1-5-33-29(32)25-14-16-31(17-15-25)21-24-7-11-26-19-23(6-10-27(26)20-24)18-22-8-12-28(13-9-22)30(2,3)4;1-28(2,3)26-10-6-20(7-11-26)16-21-4-8-25-18-22(5-9-24(25)17-21)19-29-14-12-23(13-15-29)27(30)31/h6-7,10-11,19-20,22,25,28H,5,8-9,12-18,21H2,1-4H3;4-5,8-9,17-18,20,23,26H,6-7,10-16,19H2,1-3H3,(H,30,31). The summed E-state index contributed by atoms with van der Waals surface area (Å²) in [5.74, 6) is 2.73. The molecule has 6 nitrogen and oxygen atoms in total. The molecule has 4 aliphatic rings. The van der Waals surface area contributed by atoms with Gasteiger partial charge in [0.25, 0.3) is 0 Å². The Morgan fingerprint density at radius 3 is 1.20 bits per heavy atom. The third-order valence-corrected chi connectivity index (χ3v) is 16.1.